The Labute approximate surface area is 353 Å². The molecule has 306 valence electrons. The fraction of sp³-hybridized carbons (Fsp3) is 0.250. The van der Waals surface area contributed by atoms with Gasteiger partial charge >= 0.3 is 24.7 Å². The lowest BCUT2D eigenvalue weighted by molar-refractivity contribution is 0.431. The fourth-order valence-electron chi connectivity index (χ4n) is 6.66. The van der Waals surface area contributed by atoms with Gasteiger partial charge in [0.2, 0.25) is 4.52 Å². The second-order valence-corrected chi connectivity index (χ2v) is 19.7. The number of rotatable bonds is 15. The van der Waals surface area contributed by atoms with Crippen LogP contribution in [0.4, 0.5) is 0 Å². The molecule has 0 spiro atoms. The van der Waals surface area contributed by atoms with Crippen LogP contribution in [0.2, 0.25) is 0 Å². The Hall–Kier alpha value is -4.96. The van der Waals surface area contributed by atoms with Crippen molar-refractivity contribution in [2.75, 3.05) is 0 Å². The van der Waals surface area contributed by atoms with Gasteiger partial charge in [0, 0.05) is 0 Å². The lowest BCUT2D eigenvalue weighted by Gasteiger charge is -2.25. The van der Waals surface area contributed by atoms with Gasteiger partial charge in [0.25, 0.3) is 0 Å². The summed E-state index contributed by atoms with van der Waals surface area (Å²) < 4.78 is 48.2. The molecule has 0 aliphatic carbocycles. The molecule has 0 saturated carbocycles. The van der Waals surface area contributed by atoms with Crippen molar-refractivity contribution in [3.8, 4) is 34.5 Å². The highest BCUT2D eigenvalue weighted by Crippen LogP contribution is 2.68. The van der Waals surface area contributed by atoms with E-state index in [1.807, 2.05) is 192 Å². The van der Waals surface area contributed by atoms with E-state index in [1.54, 1.807) is 0 Å². The molecule has 0 amide bonds. The van der Waals surface area contributed by atoms with E-state index in [2.05, 4.69) is 4.86 Å². The van der Waals surface area contributed by atoms with Crippen molar-refractivity contribution in [3.63, 3.8) is 0 Å². The summed E-state index contributed by atoms with van der Waals surface area (Å²) in [5.74, 6) is 3.96. The third-order valence-corrected chi connectivity index (χ3v) is 15.4. The van der Waals surface area contributed by atoms with Crippen molar-refractivity contribution in [2.24, 2.45) is 4.52 Å². The Morgan fingerprint density at radius 1 is 0.373 bits per heavy atom. The lowest BCUT2D eigenvalue weighted by Crippen LogP contribution is -2.24. The van der Waals surface area contributed by atoms with E-state index in [0.29, 0.717) is 34.5 Å². The second kappa shape index (κ2) is 19.0. The summed E-state index contributed by atoms with van der Waals surface area (Å²) in [6.07, 6.45) is 0. The highest BCUT2D eigenvalue weighted by molar-refractivity contribution is 7.75. The molecule has 0 fully saturated rings. The number of hydrogen-bond acceptors (Lipinski definition) is 8. The monoisotopic (exact) mass is 848 g/mol. The molecule has 0 heterocycles. The Morgan fingerprint density at radius 2 is 0.610 bits per heavy atom. The quantitative estimate of drug-likeness (QED) is 0.103. The van der Waals surface area contributed by atoms with Crippen LogP contribution < -0.4 is 32.0 Å². The SMILES string of the molecule is Cc1cccc(C)c1OP(N[P+](N=[P+](Oc1c(C)cccc1C)Oc1c(C)cccc1C)(Oc1c(C)cccc1C)Oc1c(C)cccc1C)Oc1c(C)cccc1C. The first-order valence-corrected chi connectivity index (χ1v) is 23.5. The Bertz CT molecular complexity index is 2220. The van der Waals surface area contributed by atoms with Crippen molar-refractivity contribution in [1.29, 1.82) is 0 Å². The molecule has 11 heteroatoms. The number of para-hydroxylation sites is 6. The van der Waals surface area contributed by atoms with Crippen LogP contribution >= 0.6 is 24.7 Å². The van der Waals surface area contributed by atoms with Gasteiger partial charge in [-0.25, -0.2) is 9.05 Å². The molecule has 0 aromatic heterocycles. The molecule has 0 unspecified atom stereocenters. The predicted molar refractivity (Wildman–Crippen MR) is 246 cm³/mol. The number of aryl methyl sites for hydroxylation is 12. The van der Waals surface area contributed by atoms with E-state index in [0.717, 1.165) is 66.8 Å². The van der Waals surface area contributed by atoms with E-state index in [4.69, 9.17) is 31.7 Å². The van der Waals surface area contributed by atoms with Crippen LogP contribution in [0.5, 0.6) is 34.5 Å². The molecule has 59 heavy (non-hydrogen) atoms. The maximum absolute atomic E-state index is 7.35. The Kier molecular flexibility index (Phi) is 14.0. The molecule has 6 rings (SSSR count). The molecule has 6 aromatic carbocycles. The topological polar surface area (TPSA) is 79.8 Å². The third-order valence-electron chi connectivity index (χ3n) is 9.97. The van der Waals surface area contributed by atoms with Crippen molar-refractivity contribution < 1.29 is 27.1 Å². The summed E-state index contributed by atoms with van der Waals surface area (Å²) in [4.78, 5) is 3.72. The second-order valence-electron chi connectivity index (χ2n) is 15.1. The molecule has 0 atom stereocenters. The van der Waals surface area contributed by atoms with E-state index >= 15 is 0 Å². The first-order valence-electron chi connectivity index (χ1n) is 19.6. The molecular weight excluding hydrogens is 793 g/mol. The molecule has 1 N–H and O–H groups in total. The van der Waals surface area contributed by atoms with Gasteiger partial charge in [-0.05, 0) is 155 Å². The van der Waals surface area contributed by atoms with Gasteiger partial charge in [-0.15, -0.1) is 0 Å². The van der Waals surface area contributed by atoms with Crippen LogP contribution in [0.1, 0.15) is 66.8 Å². The fourth-order valence-corrected chi connectivity index (χ4v) is 13.0. The standard InChI is InChI=1S/C48H55N2O6P3/c1-31-19-13-20-32(2)43(31)51-57(52-44-33(3)21-14-22-34(44)4)49-59(55-47-39(9)27-17-28-40(47)10,56-48-41(11)29-18-30-42(48)12)50-58(53-45-35(5)23-15-24-36(45)6)54-46-37(7)25-16-26-38(46)8/h13-30,49H,1-12H3/q+2. The van der Waals surface area contributed by atoms with Crippen LogP contribution in [0, 0.1) is 83.1 Å². The molecule has 8 nitrogen and oxygen atoms in total. The average Bonchev–Trinajstić information content (AvgIpc) is 3.17. The summed E-state index contributed by atoms with van der Waals surface area (Å²) in [5.41, 5.74) is 11.2. The Balaban J connectivity index is 1.67. The maximum atomic E-state index is 7.35. The molecular formula is C48H55N2O6P3+2. The van der Waals surface area contributed by atoms with Crippen LogP contribution in [0.3, 0.4) is 0 Å². The number of hydrogen-bond donors (Lipinski definition) is 1. The first-order chi connectivity index (χ1) is 28.1. The van der Waals surface area contributed by atoms with Gasteiger partial charge < -0.3 is 9.05 Å². The normalized spacial score (nSPS) is 11.3. The van der Waals surface area contributed by atoms with Crippen LogP contribution in [-0.4, -0.2) is 0 Å². The predicted octanol–water partition coefficient (Wildman–Crippen LogP) is 15.2. The zero-order valence-corrected chi connectivity index (χ0v) is 38.8. The number of nitrogens with one attached hydrogen (secondary N) is 1. The molecule has 0 radical (unpaired) electrons. The highest BCUT2D eigenvalue weighted by atomic mass is 31.3. The van der Waals surface area contributed by atoms with Gasteiger partial charge in [-0.2, -0.15) is 0 Å². The molecule has 0 aliphatic heterocycles. The van der Waals surface area contributed by atoms with Gasteiger partial charge in [0.15, 0.2) is 23.0 Å². The largest absolute Gasteiger partial charge is 0.716 e. The summed E-state index contributed by atoms with van der Waals surface area (Å²) in [6, 6.07) is 36.3. The highest BCUT2D eigenvalue weighted by Gasteiger charge is 2.61. The molecule has 6 aromatic rings. The maximum Gasteiger partial charge on any atom is 0.716 e. The number of nitrogens with zero attached hydrogens (tertiary/aromatic N) is 1. The first kappa shape index (κ1) is 43.6. The van der Waals surface area contributed by atoms with Crippen LogP contribution in [-0.2, 0) is 0 Å². The van der Waals surface area contributed by atoms with E-state index < -0.39 is 24.7 Å². The smallest absolute Gasteiger partial charge is 0.424 e. The van der Waals surface area contributed by atoms with Crippen molar-refractivity contribution in [1.82, 2.24) is 4.86 Å². The average molecular weight is 849 g/mol. The summed E-state index contributed by atoms with van der Waals surface area (Å²) in [7, 11) is -8.22. The minimum Gasteiger partial charge on any atom is -0.424 e. The Morgan fingerprint density at radius 3 is 0.881 bits per heavy atom. The van der Waals surface area contributed by atoms with E-state index in [-0.39, 0.29) is 0 Å². The minimum absolute atomic E-state index is 0.617. The molecule has 0 saturated heterocycles. The van der Waals surface area contributed by atoms with Crippen LogP contribution in [0.25, 0.3) is 0 Å². The van der Waals surface area contributed by atoms with E-state index in [9.17, 15) is 0 Å². The number of benzene rings is 6. The van der Waals surface area contributed by atoms with Gasteiger partial charge in [0.1, 0.15) is 11.5 Å². The van der Waals surface area contributed by atoms with E-state index in [1.165, 1.54) is 0 Å². The van der Waals surface area contributed by atoms with Crippen LogP contribution in [0.15, 0.2) is 114 Å². The van der Waals surface area contributed by atoms with Gasteiger partial charge in [-0.1, -0.05) is 109 Å². The third kappa shape index (κ3) is 10.4. The van der Waals surface area contributed by atoms with Gasteiger partial charge in [0.05, 0.1) is 0 Å². The lowest BCUT2D eigenvalue weighted by atomic mass is 10.1. The molecule has 0 bridgehead atoms. The zero-order chi connectivity index (χ0) is 42.4. The zero-order valence-electron chi connectivity index (χ0n) is 36.1. The summed E-state index contributed by atoms with van der Waals surface area (Å²) >= 11 is 0. The van der Waals surface area contributed by atoms with Gasteiger partial charge in [-0.3, -0.25) is 9.05 Å². The summed E-state index contributed by atoms with van der Waals surface area (Å²) in [6.45, 7) is 24.2. The summed E-state index contributed by atoms with van der Waals surface area (Å²) in [5, 5.41) is 0. The van der Waals surface area contributed by atoms with Crippen molar-refractivity contribution in [2.45, 2.75) is 83.1 Å². The minimum atomic E-state index is -3.90. The van der Waals surface area contributed by atoms with Crippen molar-refractivity contribution in [3.05, 3.63) is 176 Å². The molecule has 0 aliphatic rings. The van der Waals surface area contributed by atoms with Crippen molar-refractivity contribution >= 4 is 24.7 Å².